The van der Waals surface area contributed by atoms with Crippen LogP contribution in [0.15, 0.2) is 105 Å². The van der Waals surface area contributed by atoms with E-state index in [1.165, 1.54) is 36.4 Å². The maximum Gasteiger partial charge on any atom is 1.00 e. The van der Waals surface area contributed by atoms with Gasteiger partial charge in [0.1, 0.15) is 21.3 Å². The van der Waals surface area contributed by atoms with Gasteiger partial charge in [0, 0.05) is 56.2 Å². The van der Waals surface area contributed by atoms with Crippen molar-refractivity contribution in [2.75, 3.05) is 10.6 Å². The molecule has 0 unspecified atom stereocenters. The Labute approximate surface area is 470 Å². The van der Waals surface area contributed by atoms with Crippen molar-refractivity contribution in [1.82, 2.24) is 10.6 Å². The third-order valence-electron chi connectivity index (χ3n) is 9.20. The molecule has 0 fully saturated rings. The smallest absolute Gasteiger partial charge is 1.00 e. The zero-order valence-electron chi connectivity index (χ0n) is 39.4. The van der Waals surface area contributed by atoms with E-state index in [4.69, 9.17) is 0 Å². The van der Waals surface area contributed by atoms with Crippen molar-refractivity contribution in [3.63, 3.8) is 0 Å². The number of hydrogen-bond donors (Lipinski definition) is 10. The number of fused-ring (bicyclic) bond motifs is 2. The summed E-state index contributed by atoms with van der Waals surface area (Å²) in [5.41, 5.74) is 0.833. The molecule has 0 atom stereocenters. The fraction of sp³-hybridized carbons (Fsp3) is 0.0541. The van der Waals surface area contributed by atoms with Gasteiger partial charge in [0.25, 0.3) is 52.3 Å². The fourth-order valence-electron chi connectivity index (χ4n) is 6.24. The largest absolute Gasteiger partial charge is 1.00 e. The molecule has 0 aliphatic rings. The number of phenolic OH excluding ortho intramolecular Hbond substituents is 2. The van der Waals surface area contributed by atoms with Gasteiger partial charge >= 0.3 is 124 Å². The third kappa shape index (κ3) is 13.3. The van der Waals surface area contributed by atoms with Crippen LogP contribution in [0.25, 0.3) is 21.5 Å². The van der Waals surface area contributed by atoms with E-state index in [1.807, 2.05) is 10.6 Å². The van der Waals surface area contributed by atoms with Crippen molar-refractivity contribution in [1.29, 1.82) is 0 Å². The molecule has 0 saturated heterocycles. The molecule has 0 aliphatic heterocycles. The Bertz CT molecular complexity index is 3230. The van der Waals surface area contributed by atoms with Crippen LogP contribution >= 0.6 is 0 Å². The summed E-state index contributed by atoms with van der Waals surface area (Å²) in [7, 11) is -19.9. The van der Waals surface area contributed by atoms with Crippen LogP contribution in [0.2, 0.25) is 0 Å². The average molecular weight is 1030 g/mol. The van der Waals surface area contributed by atoms with Crippen LogP contribution in [0.1, 0.15) is 37.5 Å². The van der Waals surface area contributed by atoms with Crippen molar-refractivity contribution in [2.24, 2.45) is 0 Å². The van der Waals surface area contributed by atoms with E-state index in [9.17, 15) is 76.5 Å². The predicted molar refractivity (Wildman–Crippen MR) is 224 cm³/mol. The molecule has 4 amide bonds. The van der Waals surface area contributed by atoms with E-state index in [2.05, 4.69) is 10.6 Å². The van der Waals surface area contributed by atoms with Gasteiger partial charge in [-0.3, -0.25) is 38.4 Å². The molecular weight excluding hydrogens is 993 g/mol. The van der Waals surface area contributed by atoms with E-state index in [0.29, 0.717) is 23.3 Å². The first-order valence-electron chi connectivity index (χ1n) is 17.0. The molecule has 29 heteroatoms. The van der Waals surface area contributed by atoms with Crippen molar-refractivity contribution >= 4 is 103 Å². The van der Waals surface area contributed by atoms with Gasteiger partial charge < -0.3 is 26.6 Å². The van der Waals surface area contributed by atoms with E-state index in [0.717, 1.165) is 36.4 Å². The number of imide groups is 2. The van der Waals surface area contributed by atoms with E-state index in [1.54, 1.807) is 13.8 Å². The van der Waals surface area contributed by atoms with Crippen LogP contribution in [0.4, 0.5) is 27.5 Å². The summed E-state index contributed by atoms with van der Waals surface area (Å²) < 4.78 is 134. The number of rotatable bonds is 10. The second-order valence-corrected chi connectivity index (χ2v) is 19.0. The van der Waals surface area contributed by atoms with E-state index < -0.39 is 100 Å². The molecule has 66 heavy (non-hydrogen) atoms. The van der Waals surface area contributed by atoms with Crippen LogP contribution in [-0.4, -0.2) is 79.9 Å². The van der Waals surface area contributed by atoms with Gasteiger partial charge in [-0.25, -0.2) is 4.79 Å². The second kappa shape index (κ2) is 22.4. The van der Waals surface area contributed by atoms with Gasteiger partial charge in [0.05, 0.1) is 21.2 Å². The summed E-state index contributed by atoms with van der Waals surface area (Å²) in [6.45, 7) is 3.18. The maximum atomic E-state index is 13.2. The zero-order valence-corrected chi connectivity index (χ0v) is 46.7. The SMILES string of the molecule is Cc1ccc(C(=O)NC(=O)NC(=O)c2ccc(C)c(Nc3ccc(S(=O)(=O)O)c4cc(S(=O)(=O)O)cc(O)c34)c2)cc1Nc1ccc(S(=O)(=O)O)c2cc(S(=O)(=O)O)cc(O)c12.[H-].[H-].[H-].[H-].[Na+].[Na+].[Na+].[Na+]. The minimum absolute atomic E-state index is 0. The molecule has 0 bridgehead atoms. The molecule has 6 rings (SSSR count). The number of aromatic hydroxyl groups is 2. The quantitative estimate of drug-likeness (QED) is 0.0450. The van der Waals surface area contributed by atoms with E-state index >= 15 is 0 Å². The molecule has 0 aromatic heterocycles. The minimum Gasteiger partial charge on any atom is -1.00 e. The monoisotopic (exact) mass is 1030 g/mol. The fourth-order valence-corrected chi connectivity index (χ4v) is 8.66. The maximum absolute atomic E-state index is 13.2. The summed E-state index contributed by atoms with van der Waals surface area (Å²) in [4.78, 5) is 35.9. The summed E-state index contributed by atoms with van der Waals surface area (Å²) in [5.74, 6) is -3.67. The van der Waals surface area contributed by atoms with Gasteiger partial charge in [-0.05, 0) is 85.6 Å². The summed E-state index contributed by atoms with van der Waals surface area (Å²) in [6.07, 6.45) is 0. The first-order chi connectivity index (χ1) is 28.6. The number of hydrogen-bond acceptors (Lipinski definition) is 15. The van der Waals surface area contributed by atoms with Gasteiger partial charge in [-0.2, -0.15) is 33.7 Å². The molecule has 10 N–H and O–H groups in total. The van der Waals surface area contributed by atoms with Gasteiger partial charge in [-0.1, -0.05) is 12.1 Å². The molecule has 0 aliphatic carbocycles. The molecule has 0 heterocycles. The molecule has 6 aromatic rings. The summed E-state index contributed by atoms with van der Waals surface area (Å²) in [6, 6.07) is 13.5. The van der Waals surface area contributed by atoms with Crippen molar-refractivity contribution < 1.29 is 200 Å². The van der Waals surface area contributed by atoms with Crippen LogP contribution in [0.5, 0.6) is 11.5 Å². The standard InChI is InChI=1S/C37H30N4O17S4.4Na.4H/c1-17-3-5-19(11-27(17)38-25-7-9-31(61(53,54)55)23-13-21(59(47,48)49)15-29(42)33(23)25)35(44)40-37(46)41-36(45)20-6-4-18(2)28(12-20)39-26-8-10-32(62(56,57)58)24-14-22(60(50,51)52)16-30(43)34(24)26;;;;;;;;/h3-16,38-39,42-43H,1-2H3,(H,47,48,49)(H,50,51,52)(H,53,54,55)(H,56,57,58)(H2,40,41,44,45,46);;;;;;;;/q;4*+1;4*-1. The number of carbonyl (C=O) groups excluding carboxylic acids is 3. The number of anilines is 4. The molecule has 21 nitrogen and oxygen atoms in total. The number of carbonyl (C=O) groups is 3. The van der Waals surface area contributed by atoms with Gasteiger partial charge in [0.2, 0.25) is 0 Å². The van der Waals surface area contributed by atoms with Crippen LogP contribution in [0.3, 0.4) is 0 Å². The average Bonchev–Trinajstić information content (AvgIpc) is 3.14. The van der Waals surface area contributed by atoms with Gasteiger partial charge in [-0.15, -0.1) is 0 Å². The van der Waals surface area contributed by atoms with Gasteiger partial charge in [0.15, 0.2) is 0 Å². The summed E-state index contributed by atoms with van der Waals surface area (Å²) in [5, 5.41) is 29.6. The molecule has 0 radical (unpaired) electrons. The zero-order chi connectivity index (χ0) is 45.9. The van der Waals surface area contributed by atoms with Crippen LogP contribution in [0, 0.1) is 13.8 Å². The molecule has 0 spiro atoms. The number of urea groups is 1. The van der Waals surface area contributed by atoms with Crippen molar-refractivity contribution in [3.05, 3.63) is 107 Å². The Morgan fingerprint density at radius 3 is 1.09 bits per heavy atom. The first-order valence-corrected chi connectivity index (χ1v) is 22.8. The Morgan fingerprint density at radius 2 is 0.788 bits per heavy atom. The number of benzene rings is 6. The van der Waals surface area contributed by atoms with E-state index in [-0.39, 0.29) is 169 Å². The number of aryl methyl sites for hydroxylation is 2. The number of phenols is 2. The van der Waals surface area contributed by atoms with Crippen LogP contribution < -0.4 is 139 Å². The number of amides is 4. The molecule has 6 aromatic carbocycles. The van der Waals surface area contributed by atoms with Crippen LogP contribution in [-0.2, 0) is 40.5 Å². The van der Waals surface area contributed by atoms with Crippen molar-refractivity contribution in [2.45, 2.75) is 33.4 Å². The topological polar surface area (TPSA) is 357 Å². The molecule has 332 valence electrons. The molecular formula is C37H34N4Na4O17S4. The Morgan fingerprint density at radius 1 is 0.455 bits per heavy atom. The minimum atomic E-state index is -4.99. The normalized spacial score (nSPS) is 11.5. The number of nitrogens with one attached hydrogen (secondary N) is 4. The Balaban J connectivity index is -0.00000561. The third-order valence-corrected chi connectivity index (χ3v) is 12.7. The Hall–Kier alpha value is -2.71. The Kier molecular flexibility index (Phi) is 20.1. The van der Waals surface area contributed by atoms with Crippen molar-refractivity contribution in [3.8, 4) is 11.5 Å². The molecule has 0 saturated carbocycles. The first kappa shape index (κ1) is 59.4. The second-order valence-electron chi connectivity index (χ2n) is 13.4. The predicted octanol–water partition coefficient (Wildman–Crippen LogP) is -6.76. The summed E-state index contributed by atoms with van der Waals surface area (Å²) >= 11 is 0.